The fourth-order valence-electron chi connectivity index (χ4n) is 1.54. The smallest absolute Gasteiger partial charge is 0.341 e. The molecular formula is C14H13IN2O3. The number of rotatable bonds is 4. The number of ether oxygens (including phenoxy) is 2. The van der Waals surface area contributed by atoms with Crippen molar-refractivity contribution in [2.75, 3.05) is 6.61 Å². The minimum atomic E-state index is -0.425. The molecule has 0 bridgehead atoms. The molecule has 0 aliphatic carbocycles. The highest BCUT2D eigenvalue weighted by atomic mass is 127. The molecule has 0 aliphatic rings. The topological polar surface area (TPSA) is 61.3 Å². The maximum atomic E-state index is 11.6. The van der Waals surface area contributed by atoms with Crippen LogP contribution in [0.3, 0.4) is 0 Å². The van der Waals surface area contributed by atoms with Crippen molar-refractivity contribution in [3.8, 4) is 11.8 Å². The van der Waals surface area contributed by atoms with Gasteiger partial charge in [-0.2, -0.15) is 4.98 Å². The van der Waals surface area contributed by atoms with Gasteiger partial charge in [-0.15, -0.1) is 0 Å². The van der Waals surface area contributed by atoms with Crippen molar-refractivity contribution < 1.29 is 14.3 Å². The number of halogens is 1. The molecule has 5 nitrogen and oxygen atoms in total. The summed E-state index contributed by atoms with van der Waals surface area (Å²) in [5.74, 6) is 0.228. The van der Waals surface area contributed by atoms with E-state index in [4.69, 9.17) is 9.47 Å². The highest BCUT2D eigenvalue weighted by molar-refractivity contribution is 14.1. The third-order valence-corrected chi connectivity index (χ3v) is 3.13. The van der Waals surface area contributed by atoms with Crippen LogP contribution < -0.4 is 4.74 Å². The number of nitrogens with zero attached hydrogens (tertiary/aromatic N) is 2. The molecule has 20 heavy (non-hydrogen) atoms. The van der Waals surface area contributed by atoms with Crippen LogP contribution in [0.2, 0.25) is 0 Å². The van der Waals surface area contributed by atoms with Crippen LogP contribution >= 0.6 is 22.6 Å². The van der Waals surface area contributed by atoms with E-state index in [2.05, 4.69) is 32.6 Å². The molecule has 2 rings (SSSR count). The summed E-state index contributed by atoms with van der Waals surface area (Å²) in [6, 6.07) is 7.75. The van der Waals surface area contributed by atoms with Gasteiger partial charge in [-0.1, -0.05) is 6.07 Å². The molecule has 0 saturated carbocycles. The number of hydrogen-bond acceptors (Lipinski definition) is 5. The molecule has 0 aliphatic heterocycles. The van der Waals surface area contributed by atoms with Gasteiger partial charge in [0.15, 0.2) is 0 Å². The van der Waals surface area contributed by atoms with Gasteiger partial charge in [-0.05, 0) is 54.6 Å². The van der Waals surface area contributed by atoms with Crippen LogP contribution in [0.1, 0.15) is 23.0 Å². The fraction of sp³-hybridized carbons (Fsp3) is 0.214. The molecule has 0 saturated heterocycles. The quantitative estimate of drug-likeness (QED) is 0.598. The molecule has 1 aromatic heterocycles. The number of hydrogen-bond donors (Lipinski definition) is 0. The zero-order valence-electron chi connectivity index (χ0n) is 11.1. The zero-order valence-corrected chi connectivity index (χ0v) is 13.2. The van der Waals surface area contributed by atoms with Gasteiger partial charge in [0, 0.05) is 9.77 Å². The second kappa shape index (κ2) is 6.65. The first-order valence-electron chi connectivity index (χ1n) is 6.04. The Morgan fingerprint density at radius 3 is 2.85 bits per heavy atom. The monoisotopic (exact) mass is 384 g/mol. The van der Waals surface area contributed by atoms with Crippen molar-refractivity contribution in [3.63, 3.8) is 0 Å². The lowest BCUT2D eigenvalue weighted by molar-refractivity contribution is 0.0524. The van der Waals surface area contributed by atoms with E-state index in [9.17, 15) is 4.79 Å². The van der Waals surface area contributed by atoms with E-state index in [0.29, 0.717) is 23.6 Å². The van der Waals surface area contributed by atoms with E-state index in [0.717, 1.165) is 3.57 Å². The van der Waals surface area contributed by atoms with Gasteiger partial charge in [0.25, 0.3) is 0 Å². The molecule has 104 valence electrons. The largest absolute Gasteiger partial charge is 0.462 e. The van der Waals surface area contributed by atoms with Crippen molar-refractivity contribution in [2.24, 2.45) is 0 Å². The van der Waals surface area contributed by atoms with Crippen LogP contribution in [0.25, 0.3) is 0 Å². The Balaban J connectivity index is 2.19. The minimum Gasteiger partial charge on any atom is -0.462 e. The van der Waals surface area contributed by atoms with Crippen LogP contribution in [0, 0.1) is 10.5 Å². The average molecular weight is 384 g/mol. The van der Waals surface area contributed by atoms with Gasteiger partial charge in [-0.3, -0.25) is 0 Å². The second-order valence-corrected chi connectivity index (χ2v) is 5.18. The summed E-state index contributed by atoms with van der Waals surface area (Å²) in [6.07, 6.45) is 1.42. The Morgan fingerprint density at radius 1 is 1.40 bits per heavy atom. The molecule has 1 heterocycles. The van der Waals surface area contributed by atoms with E-state index in [1.807, 2.05) is 24.3 Å². The van der Waals surface area contributed by atoms with Gasteiger partial charge < -0.3 is 9.47 Å². The Hall–Kier alpha value is -1.70. The van der Waals surface area contributed by atoms with Crippen molar-refractivity contribution >= 4 is 28.6 Å². The molecule has 0 atom stereocenters. The normalized spacial score (nSPS) is 10.2. The predicted octanol–water partition coefficient (Wildman–Crippen LogP) is 3.36. The molecule has 0 unspecified atom stereocenters. The van der Waals surface area contributed by atoms with Crippen LogP contribution in [0.5, 0.6) is 11.8 Å². The van der Waals surface area contributed by atoms with Gasteiger partial charge in [0.2, 0.25) is 0 Å². The number of carbonyl (C=O) groups excluding carboxylic acids is 1. The Labute approximate surface area is 130 Å². The summed E-state index contributed by atoms with van der Waals surface area (Å²) in [5, 5.41) is 0. The second-order valence-electron chi connectivity index (χ2n) is 3.93. The molecule has 0 N–H and O–H groups in total. The number of benzene rings is 1. The maximum absolute atomic E-state index is 11.6. The summed E-state index contributed by atoms with van der Waals surface area (Å²) >= 11 is 2.20. The summed E-state index contributed by atoms with van der Waals surface area (Å²) in [6.45, 7) is 3.79. The maximum Gasteiger partial charge on any atom is 0.341 e. The van der Waals surface area contributed by atoms with E-state index >= 15 is 0 Å². The van der Waals surface area contributed by atoms with E-state index in [1.165, 1.54) is 6.20 Å². The Bertz CT molecular complexity index is 632. The molecule has 0 amide bonds. The molecule has 1 aromatic carbocycles. The first-order chi connectivity index (χ1) is 9.60. The molecule has 2 aromatic rings. The SMILES string of the molecule is CCOC(=O)c1cnc(Oc2cccc(I)c2)nc1C. The standard InChI is InChI=1S/C14H13IN2O3/c1-3-19-13(18)12-8-16-14(17-9(12)2)20-11-6-4-5-10(15)7-11/h4-8H,3H2,1-2H3. The van der Waals surface area contributed by atoms with E-state index in [1.54, 1.807) is 13.8 Å². The molecule has 6 heteroatoms. The number of carbonyl (C=O) groups is 1. The lowest BCUT2D eigenvalue weighted by atomic mass is 10.2. The van der Waals surface area contributed by atoms with Crippen molar-refractivity contribution in [2.45, 2.75) is 13.8 Å². The van der Waals surface area contributed by atoms with Crippen molar-refractivity contribution in [1.82, 2.24) is 9.97 Å². The lowest BCUT2D eigenvalue weighted by Gasteiger charge is -2.07. The van der Waals surface area contributed by atoms with Crippen molar-refractivity contribution in [3.05, 3.63) is 45.3 Å². The molecule has 0 radical (unpaired) electrons. The zero-order chi connectivity index (χ0) is 14.5. The van der Waals surface area contributed by atoms with Gasteiger partial charge in [-0.25, -0.2) is 9.78 Å². The lowest BCUT2D eigenvalue weighted by Crippen LogP contribution is -2.09. The van der Waals surface area contributed by atoms with E-state index < -0.39 is 5.97 Å². The Morgan fingerprint density at radius 2 is 2.20 bits per heavy atom. The summed E-state index contributed by atoms with van der Waals surface area (Å²) in [4.78, 5) is 19.8. The number of esters is 1. The molecule has 0 spiro atoms. The van der Waals surface area contributed by atoms with Crippen LogP contribution in [0.15, 0.2) is 30.5 Å². The minimum absolute atomic E-state index is 0.206. The van der Waals surface area contributed by atoms with Crippen LogP contribution in [-0.2, 0) is 4.74 Å². The fourth-order valence-corrected chi connectivity index (χ4v) is 2.05. The Kier molecular flexibility index (Phi) is 4.89. The van der Waals surface area contributed by atoms with Gasteiger partial charge in [0.05, 0.1) is 17.9 Å². The van der Waals surface area contributed by atoms with Crippen molar-refractivity contribution in [1.29, 1.82) is 0 Å². The van der Waals surface area contributed by atoms with Gasteiger partial charge >= 0.3 is 12.0 Å². The first-order valence-corrected chi connectivity index (χ1v) is 7.12. The third kappa shape index (κ3) is 3.66. The van der Waals surface area contributed by atoms with Gasteiger partial charge in [0.1, 0.15) is 5.75 Å². The third-order valence-electron chi connectivity index (χ3n) is 2.46. The molecular weight excluding hydrogens is 371 g/mol. The van der Waals surface area contributed by atoms with Crippen LogP contribution in [0.4, 0.5) is 0 Å². The summed E-state index contributed by atoms with van der Waals surface area (Å²) in [7, 11) is 0. The highest BCUT2D eigenvalue weighted by Crippen LogP contribution is 2.20. The molecule has 0 fully saturated rings. The van der Waals surface area contributed by atoms with E-state index in [-0.39, 0.29) is 6.01 Å². The summed E-state index contributed by atoms with van der Waals surface area (Å²) < 4.78 is 11.5. The highest BCUT2D eigenvalue weighted by Gasteiger charge is 2.13. The first kappa shape index (κ1) is 14.7. The number of aromatic nitrogens is 2. The summed E-state index contributed by atoms with van der Waals surface area (Å²) in [5.41, 5.74) is 0.876. The average Bonchev–Trinajstić information content (AvgIpc) is 2.39. The van der Waals surface area contributed by atoms with Crippen LogP contribution in [-0.4, -0.2) is 22.5 Å². The predicted molar refractivity (Wildman–Crippen MR) is 82.0 cm³/mol. The number of aryl methyl sites for hydroxylation is 1.